The Labute approximate surface area is 73.5 Å². The zero-order valence-corrected chi connectivity index (χ0v) is 7.61. The minimum Gasteiger partial charge on any atom is -0.396 e. The molecule has 0 aliphatic rings. The third kappa shape index (κ3) is 12.5. The molecule has 0 aromatic rings. The van der Waals surface area contributed by atoms with Gasteiger partial charge in [0.05, 0.1) is 0 Å². The zero-order valence-electron chi connectivity index (χ0n) is 7.61. The fraction of sp³-hybridized carbons (Fsp3) is 1.00. The highest BCUT2D eigenvalue weighted by molar-refractivity contribution is 4.49. The molecule has 0 amide bonds. The first-order valence-electron chi connectivity index (χ1n) is 4.20. The summed E-state index contributed by atoms with van der Waals surface area (Å²) in [4.78, 5) is 0. The summed E-state index contributed by atoms with van der Waals surface area (Å²) in [5.41, 5.74) is 0. The van der Waals surface area contributed by atoms with Gasteiger partial charge < -0.3 is 20.4 Å². The van der Waals surface area contributed by atoms with E-state index in [1.165, 1.54) is 0 Å². The molecular weight excluding hydrogens is 160 g/mol. The first kappa shape index (κ1) is 14.4. The molecular formula is C8H20O4. The highest BCUT2D eigenvalue weighted by Gasteiger charge is 1.98. The highest BCUT2D eigenvalue weighted by Crippen LogP contribution is 1.96. The summed E-state index contributed by atoms with van der Waals surface area (Å²) in [5, 5.41) is 32.5. The molecule has 0 aromatic heterocycles. The van der Waals surface area contributed by atoms with E-state index in [0.29, 0.717) is 6.42 Å². The van der Waals surface area contributed by atoms with Crippen molar-refractivity contribution in [1.82, 2.24) is 0 Å². The Kier molecular flexibility index (Phi) is 16.1. The van der Waals surface area contributed by atoms with Crippen LogP contribution in [0.2, 0.25) is 0 Å². The minimum absolute atomic E-state index is 0.0938. The topological polar surface area (TPSA) is 80.9 Å². The molecule has 0 saturated heterocycles. The van der Waals surface area contributed by atoms with Crippen molar-refractivity contribution in [3.05, 3.63) is 0 Å². The minimum atomic E-state index is 0.0938. The second-order valence-corrected chi connectivity index (χ2v) is 2.44. The van der Waals surface area contributed by atoms with E-state index in [1.807, 2.05) is 6.92 Å². The maximum atomic E-state index is 8.37. The number of hydrogen-bond acceptors (Lipinski definition) is 4. The van der Waals surface area contributed by atoms with Crippen molar-refractivity contribution in [2.24, 2.45) is 5.92 Å². The van der Waals surface area contributed by atoms with Gasteiger partial charge >= 0.3 is 0 Å². The second-order valence-electron chi connectivity index (χ2n) is 2.44. The largest absolute Gasteiger partial charge is 0.396 e. The third-order valence-electron chi connectivity index (χ3n) is 1.41. The van der Waals surface area contributed by atoms with Gasteiger partial charge in [-0.05, 0) is 12.8 Å². The fourth-order valence-electron chi connectivity index (χ4n) is 0.387. The van der Waals surface area contributed by atoms with Crippen LogP contribution in [0.15, 0.2) is 0 Å². The highest BCUT2D eigenvalue weighted by atomic mass is 16.3. The van der Waals surface area contributed by atoms with E-state index in [4.69, 9.17) is 20.4 Å². The third-order valence-corrected chi connectivity index (χ3v) is 1.41. The molecule has 0 bridgehead atoms. The molecule has 4 heteroatoms. The lowest BCUT2D eigenvalue weighted by Crippen LogP contribution is -2.08. The molecule has 0 saturated carbocycles. The average molecular weight is 180 g/mol. The van der Waals surface area contributed by atoms with E-state index >= 15 is 0 Å². The van der Waals surface area contributed by atoms with Gasteiger partial charge in [0.15, 0.2) is 0 Å². The molecule has 4 nitrogen and oxygen atoms in total. The smallest absolute Gasteiger partial charge is 0.0481 e. The van der Waals surface area contributed by atoms with Gasteiger partial charge in [-0.3, -0.25) is 0 Å². The summed E-state index contributed by atoms with van der Waals surface area (Å²) >= 11 is 0. The maximum Gasteiger partial charge on any atom is 0.0481 e. The molecule has 4 N–H and O–H groups in total. The van der Waals surface area contributed by atoms with Gasteiger partial charge in [0.2, 0.25) is 0 Å². The predicted octanol–water partition coefficient (Wildman–Crippen LogP) is -0.642. The molecule has 0 aromatic carbocycles. The first-order valence-corrected chi connectivity index (χ1v) is 4.20. The van der Waals surface area contributed by atoms with E-state index < -0.39 is 0 Å². The molecule has 0 aliphatic carbocycles. The molecule has 0 fully saturated rings. The van der Waals surface area contributed by atoms with Gasteiger partial charge in [-0.15, -0.1) is 0 Å². The Bertz CT molecular complexity index is 56.6. The van der Waals surface area contributed by atoms with Crippen molar-refractivity contribution in [2.45, 2.75) is 19.8 Å². The van der Waals surface area contributed by atoms with Crippen molar-refractivity contribution >= 4 is 0 Å². The van der Waals surface area contributed by atoms with E-state index in [-0.39, 0.29) is 32.3 Å². The Hall–Kier alpha value is -0.160. The first-order chi connectivity index (χ1) is 5.76. The average Bonchev–Trinajstić information content (AvgIpc) is 2.10. The Morgan fingerprint density at radius 2 is 1.33 bits per heavy atom. The fourth-order valence-corrected chi connectivity index (χ4v) is 0.387. The van der Waals surface area contributed by atoms with Crippen LogP contribution < -0.4 is 0 Å². The predicted molar refractivity (Wildman–Crippen MR) is 46.7 cm³/mol. The maximum absolute atomic E-state index is 8.37. The van der Waals surface area contributed by atoms with Gasteiger partial charge in [-0.2, -0.15) is 0 Å². The van der Waals surface area contributed by atoms with Crippen molar-refractivity contribution in [3.63, 3.8) is 0 Å². The molecule has 0 aliphatic heterocycles. The van der Waals surface area contributed by atoms with Crippen LogP contribution in [0.25, 0.3) is 0 Å². The van der Waals surface area contributed by atoms with Gasteiger partial charge in [0.1, 0.15) is 0 Å². The molecule has 0 radical (unpaired) electrons. The van der Waals surface area contributed by atoms with Crippen molar-refractivity contribution < 1.29 is 20.4 Å². The summed E-state index contributed by atoms with van der Waals surface area (Å²) in [6, 6.07) is 0. The molecule has 0 unspecified atom stereocenters. The monoisotopic (exact) mass is 180 g/mol. The van der Waals surface area contributed by atoms with Crippen LogP contribution in [0.3, 0.4) is 0 Å². The lowest BCUT2D eigenvalue weighted by Gasteiger charge is -2.03. The number of rotatable bonds is 5. The molecule has 76 valence electrons. The molecule has 0 rings (SSSR count). The molecule has 0 heterocycles. The van der Waals surface area contributed by atoms with Gasteiger partial charge in [-0.25, -0.2) is 0 Å². The zero-order chi connectivity index (χ0) is 9.82. The van der Waals surface area contributed by atoms with E-state index in [0.717, 1.165) is 6.42 Å². The van der Waals surface area contributed by atoms with Crippen LogP contribution in [0.1, 0.15) is 19.8 Å². The van der Waals surface area contributed by atoms with Crippen LogP contribution in [0.4, 0.5) is 0 Å². The number of hydrogen-bond donors (Lipinski definition) is 4. The standard InChI is InChI=1S/C5H12O2.C3H8O2/c1-2-5(3-6)4-7;4-2-1-3-5/h5-7H,2-4H2,1H3;4-5H,1-3H2. The summed E-state index contributed by atoms with van der Waals surface area (Å²) in [6.07, 6.45) is 1.35. The normalized spacial score (nSPS) is 9.50. The van der Waals surface area contributed by atoms with Crippen molar-refractivity contribution in [3.8, 4) is 0 Å². The van der Waals surface area contributed by atoms with Crippen LogP contribution in [-0.2, 0) is 0 Å². The molecule has 12 heavy (non-hydrogen) atoms. The van der Waals surface area contributed by atoms with E-state index in [2.05, 4.69) is 0 Å². The van der Waals surface area contributed by atoms with Crippen LogP contribution >= 0.6 is 0 Å². The molecule has 0 atom stereocenters. The second kappa shape index (κ2) is 13.4. The van der Waals surface area contributed by atoms with Crippen molar-refractivity contribution in [2.75, 3.05) is 26.4 Å². The lowest BCUT2D eigenvalue weighted by molar-refractivity contribution is 0.147. The van der Waals surface area contributed by atoms with Crippen LogP contribution in [0, 0.1) is 5.92 Å². The summed E-state index contributed by atoms with van der Waals surface area (Å²) in [6.45, 7) is 2.34. The Balaban J connectivity index is 0. The van der Waals surface area contributed by atoms with Gasteiger partial charge in [-0.1, -0.05) is 6.92 Å². The molecule has 0 spiro atoms. The number of aliphatic hydroxyl groups is 4. The van der Waals surface area contributed by atoms with Crippen LogP contribution in [0.5, 0.6) is 0 Å². The summed E-state index contributed by atoms with van der Waals surface area (Å²) < 4.78 is 0. The number of aliphatic hydroxyl groups excluding tert-OH is 4. The van der Waals surface area contributed by atoms with E-state index in [1.54, 1.807) is 0 Å². The Morgan fingerprint density at radius 3 is 1.33 bits per heavy atom. The summed E-state index contributed by atoms with van der Waals surface area (Å²) in [7, 11) is 0. The van der Waals surface area contributed by atoms with E-state index in [9.17, 15) is 0 Å². The van der Waals surface area contributed by atoms with Crippen molar-refractivity contribution in [1.29, 1.82) is 0 Å². The van der Waals surface area contributed by atoms with Crippen LogP contribution in [-0.4, -0.2) is 46.9 Å². The summed E-state index contributed by atoms with van der Waals surface area (Å²) in [5.74, 6) is 0.0972. The lowest BCUT2D eigenvalue weighted by atomic mass is 10.1. The quantitative estimate of drug-likeness (QED) is 0.453. The van der Waals surface area contributed by atoms with Gasteiger partial charge in [0.25, 0.3) is 0 Å². The SMILES string of the molecule is CCC(CO)CO.OCCCO. The van der Waals surface area contributed by atoms with Gasteiger partial charge in [0, 0.05) is 32.3 Å². The Morgan fingerprint density at radius 1 is 0.917 bits per heavy atom.